The van der Waals surface area contributed by atoms with Crippen molar-refractivity contribution in [3.05, 3.63) is 166 Å². The number of aromatic nitrogens is 3. The van der Waals surface area contributed by atoms with Crippen LogP contribution in [0.1, 0.15) is 123 Å². The van der Waals surface area contributed by atoms with Gasteiger partial charge in [-0.25, -0.2) is 19.6 Å². The predicted molar refractivity (Wildman–Crippen MR) is 363 cm³/mol. The standard InChI is InChI=1S/C73H88N10O12/c1-4-5-20-64-81-68-69(59-18-10-11-19-61(59)80-70(68)74)83(64)47-51-23-21-50(22-24-51)46-78-73(90)95-48-52-25-29-57(30-26-52)79-71(88)56(16-12-34-77-72(75)89)45-63(85)67(49(2)3)82-66(87)33-36-91-38-40-93-42-43-94-41-39-92-37-35-76-65(86)32-31-62(84)60-44-55-15-7-6-13-53(55)27-28-54-14-8-9-17-58(54)60/h6-11,13-15,17-19,21-26,29-30,49,56,60,67H,4-5,12,16,20,31-48H2,1-3H3,(H2,74,80)(H,76,86)(H,78,90)(H,79,88)(H,82,87)(H3,75,77,89)/t56-,60?,67+/m1/s1. The topological polar surface area (TPSA) is 309 Å². The van der Waals surface area contributed by atoms with Gasteiger partial charge < -0.3 is 66.3 Å². The number of aryl methyl sites for hydroxylation is 1. The number of unbranched alkanes of at least 4 members (excludes halogenated alkanes) is 1. The molecule has 1 unspecified atom stereocenters. The van der Waals surface area contributed by atoms with Gasteiger partial charge in [-0.1, -0.05) is 130 Å². The van der Waals surface area contributed by atoms with E-state index >= 15 is 0 Å². The third-order valence-electron chi connectivity index (χ3n) is 16.3. The molecule has 7 aromatic rings. The number of para-hydroxylation sites is 1. The number of hydrogen-bond donors (Lipinski definition) is 7. The molecule has 0 bridgehead atoms. The highest BCUT2D eigenvalue weighted by Crippen LogP contribution is 2.32. The van der Waals surface area contributed by atoms with Crippen LogP contribution in [0.25, 0.3) is 21.9 Å². The van der Waals surface area contributed by atoms with Crippen LogP contribution in [0.2, 0.25) is 0 Å². The zero-order chi connectivity index (χ0) is 67.3. The minimum atomic E-state index is -0.872. The van der Waals surface area contributed by atoms with Crippen LogP contribution in [0.15, 0.2) is 121 Å². The number of Topliss-reactive ketones (excluding diaryl/α,β-unsaturated/α-hetero) is 2. The van der Waals surface area contributed by atoms with Crippen molar-refractivity contribution in [1.29, 1.82) is 0 Å². The number of carbonyl (C=O) groups excluding carboxylic acids is 7. The number of urea groups is 1. The molecular formula is C73H88N10O12. The number of nitrogens with one attached hydrogen (secondary N) is 5. The average Bonchev–Trinajstić information content (AvgIpc) is 1.64. The first-order valence-electron chi connectivity index (χ1n) is 32.7. The number of hydrogen-bond acceptors (Lipinski definition) is 15. The van der Waals surface area contributed by atoms with E-state index in [2.05, 4.69) is 54.9 Å². The highest BCUT2D eigenvalue weighted by Gasteiger charge is 2.30. The molecule has 0 radical (unpaired) electrons. The molecular weight excluding hydrogens is 1210 g/mol. The molecule has 0 saturated carbocycles. The number of nitrogens with zero attached hydrogens (tertiary/aromatic N) is 3. The number of imidazole rings is 1. The van der Waals surface area contributed by atoms with Crippen LogP contribution < -0.4 is 38.1 Å². The number of anilines is 2. The Balaban J connectivity index is 0.671. The first kappa shape index (κ1) is 71.3. The molecule has 22 nitrogen and oxygen atoms in total. The van der Waals surface area contributed by atoms with Gasteiger partial charge in [0.2, 0.25) is 17.7 Å². The average molecular weight is 1300 g/mol. The fourth-order valence-corrected chi connectivity index (χ4v) is 11.1. The number of rotatable bonds is 39. The molecule has 0 spiro atoms. The fraction of sp³-hybridized carbons (Fsp3) is 0.411. The van der Waals surface area contributed by atoms with Gasteiger partial charge in [0.15, 0.2) is 11.6 Å². The van der Waals surface area contributed by atoms with Gasteiger partial charge in [0.25, 0.3) is 0 Å². The third kappa shape index (κ3) is 22.3. The van der Waals surface area contributed by atoms with Crippen LogP contribution in [0.5, 0.6) is 0 Å². The summed E-state index contributed by atoms with van der Waals surface area (Å²) in [6.45, 7) is 9.26. The molecule has 2 aromatic heterocycles. The van der Waals surface area contributed by atoms with Crippen molar-refractivity contribution in [2.75, 3.05) is 77.0 Å². The van der Waals surface area contributed by atoms with Crippen LogP contribution in [-0.2, 0) is 80.2 Å². The van der Waals surface area contributed by atoms with Crippen molar-refractivity contribution in [2.45, 2.75) is 117 Å². The van der Waals surface area contributed by atoms with Crippen molar-refractivity contribution >= 4 is 74.9 Å². The van der Waals surface area contributed by atoms with Crippen LogP contribution in [0.3, 0.4) is 0 Å². The van der Waals surface area contributed by atoms with E-state index < -0.39 is 30.0 Å². The summed E-state index contributed by atoms with van der Waals surface area (Å²) in [6.07, 6.45) is 3.39. The molecule has 1 aliphatic carbocycles. The molecule has 8 rings (SSSR count). The van der Waals surface area contributed by atoms with E-state index in [1.54, 1.807) is 24.3 Å². The quantitative estimate of drug-likeness (QED) is 0.0140. The maximum absolute atomic E-state index is 13.8. The van der Waals surface area contributed by atoms with Gasteiger partial charge in [-0.15, -0.1) is 0 Å². The van der Waals surface area contributed by atoms with Crippen LogP contribution in [-0.4, -0.2) is 128 Å². The van der Waals surface area contributed by atoms with E-state index in [1.165, 1.54) is 0 Å². The normalized spacial score (nSPS) is 13.1. The molecule has 2 heterocycles. The summed E-state index contributed by atoms with van der Waals surface area (Å²) in [5, 5.41) is 14.9. The summed E-state index contributed by atoms with van der Waals surface area (Å²) in [5.41, 5.74) is 20.9. The van der Waals surface area contributed by atoms with E-state index in [1.807, 2.05) is 111 Å². The maximum atomic E-state index is 13.8. The molecule has 3 atom stereocenters. The van der Waals surface area contributed by atoms with Crippen molar-refractivity contribution in [2.24, 2.45) is 17.6 Å². The first-order valence-corrected chi connectivity index (χ1v) is 32.7. The van der Waals surface area contributed by atoms with Crippen molar-refractivity contribution < 1.29 is 57.2 Å². The molecule has 1 aliphatic rings. The third-order valence-corrected chi connectivity index (χ3v) is 16.3. The Hall–Kier alpha value is -9.53. The Morgan fingerprint density at radius 2 is 1.32 bits per heavy atom. The zero-order valence-electron chi connectivity index (χ0n) is 54.5. The molecule has 502 valence electrons. The number of fused-ring (bicyclic) bond motifs is 5. The smallest absolute Gasteiger partial charge is 0.407 e. The number of nitrogen functional groups attached to an aromatic ring is 1. The number of ether oxygens (including phenoxy) is 5. The molecule has 9 N–H and O–H groups in total. The van der Waals surface area contributed by atoms with Gasteiger partial charge in [-0.3, -0.25) is 24.0 Å². The first-order chi connectivity index (χ1) is 46.1. The number of alkyl carbamates (subject to hydrolysis) is 1. The van der Waals surface area contributed by atoms with Crippen molar-refractivity contribution in [3.8, 4) is 11.8 Å². The van der Waals surface area contributed by atoms with Gasteiger partial charge in [-0.2, -0.15) is 0 Å². The lowest BCUT2D eigenvalue weighted by Crippen LogP contribution is -2.45. The SMILES string of the molecule is CCCCc1nc2c(N)nc3ccccc3c2n1Cc1ccc(CNC(=O)OCc2ccc(NC(=O)[C@H](CCCNC(N)=O)CC(=O)[C@@H](NC(=O)CCOCCOCCOCCOCCNC(=O)CCC(=O)C3Cc4ccccc4C#Cc4ccccc43)C(C)C)cc2)cc1. The lowest BCUT2D eigenvalue weighted by Gasteiger charge is -2.24. The highest BCUT2D eigenvalue weighted by molar-refractivity contribution is 6.06. The second-order valence-electron chi connectivity index (χ2n) is 23.7. The minimum absolute atomic E-state index is 0.00268. The number of carbonyl (C=O) groups is 7. The second kappa shape index (κ2) is 37.4. The molecule has 5 aromatic carbocycles. The summed E-state index contributed by atoms with van der Waals surface area (Å²) in [5.74, 6) is 5.01. The Labute approximate surface area is 554 Å². The molecule has 0 fully saturated rings. The monoisotopic (exact) mass is 1300 g/mol. The van der Waals surface area contributed by atoms with Crippen LogP contribution in [0, 0.1) is 23.7 Å². The number of nitrogens with two attached hydrogens (primary N) is 2. The lowest BCUT2D eigenvalue weighted by molar-refractivity contribution is -0.131. The van der Waals surface area contributed by atoms with Gasteiger partial charge in [0.1, 0.15) is 23.7 Å². The predicted octanol–water partition coefficient (Wildman–Crippen LogP) is 8.75. The summed E-state index contributed by atoms with van der Waals surface area (Å²) in [6, 6.07) is 36.7. The fourth-order valence-electron chi connectivity index (χ4n) is 11.1. The Morgan fingerprint density at radius 3 is 2.04 bits per heavy atom. The highest BCUT2D eigenvalue weighted by atomic mass is 16.6. The zero-order valence-corrected chi connectivity index (χ0v) is 54.5. The Morgan fingerprint density at radius 1 is 0.663 bits per heavy atom. The number of amides is 6. The molecule has 95 heavy (non-hydrogen) atoms. The van der Waals surface area contributed by atoms with Crippen LogP contribution in [0.4, 0.5) is 21.1 Å². The molecule has 0 saturated heterocycles. The van der Waals surface area contributed by atoms with Crippen molar-refractivity contribution in [1.82, 2.24) is 35.8 Å². The van der Waals surface area contributed by atoms with Gasteiger partial charge >= 0.3 is 12.1 Å². The van der Waals surface area contributed by atoms with Gasteiger partial charge in [0, 0.05) is 92.3 Å². The number of ketones is 2. The van der Waals surface area contributed by atoms with Crippen LogP contribution >= 0.6 is 0 Å². The Bertz CT molecular complexity index is 3790. The van der Waals surface area contributed by atoms with E-state index in [0.717, 1.165) is 74.9 Å². The lowest BCUT2D eigenvalue weighted by atomic mass is 9.82. The number of primary amides is 1. The number of pyridine rings is 1. The minimum Gasteiger partial charge on any atom is -0.445 e. The summed E-state index contributed by atoms with van der Waals surface area (Å²) < 4.78 is 30.1. The largest absolute Gasteiger partial charge is 0.445 e. The van der Waals surface area contributed by atoms with Gasteiger partial charge in [-0.05, 0) is 89.8 Å². The maximum Gasteiger partial charge on any atom is 0.407 e. The summed E-state index contributed by atoms with van der Waals surface area (Å²) >= 11 is 0. The van der Waals surface area contributed by atoms with Gasteiger partial charge in [0.05, 0.1) is 69.9 Å². The Kier molecular flexibility index (Phi) is 28.1. The van der Waals surface area contributed by atoms with E-state index in [9.17, 15) is 33.6 Å². The molecule has 0 aliphatic heterocycles. The van der Waals surface area contributed by atoms with E-state index in [-0.39, 0.29) is 113 Å². The van der Waals surface area contributed by atoms with Crippen molar-refractivity contribution in [3.63, 3.8) is 0 Å². The van der Waals surface area contributed by atoms with E-state index in [0.29, 0.717) is 74.9 Å². The second-order valence-corrected chi connectivity index (χ2v) is 23.7. The molecule has 6 amide bonds. The summed E-state index contributed by atoms with van der Waals surface area (Å²) in [7, 11) is 0. The summed E-state index contributed by atoms with van der Waals surface area (Å²) in [4.78, 5) is 101. The van der Waals surface area contributed by atoms with E-state index in [4.69, 9.17) is 40.1 Å². The number of benzene rings is 5. The molecule has 22 heteroatoms.